The van der Waals surface area contributed by atoms with Crippen LogP contribution in [-0.2, 0) is 4.79 Å². The van der Waals surface area contributed by atoms with E-state index in [1.54, 1.807) is 4.90 Å². The van der Waals surface area contributed by atoms with Crippen molar-refractivity contribution in [1.82, 2.24) is 4.90 Å². The summed E-state index contributed by atoms with van der Waals surface area (Å²) in [6.07, 6.45) is 1.91. The largest absolute Gasteiger partial charge is 0.367 e. The van der Waals surface area contributed by atoms with E-state index in [1.807, 2.05) is 42.5 Å². The molecule has 1 aliphatic heterocycles. The van der Waals surface area contributed by atoms with Crippen LogP contribution >= 0.6 is 39.9 Å². The van der Waals surface area contributed by atoms with Crippen LogP contribution in [0, 0.1) is 0 Å². The molecule has 3 nitrogen and oxygen atoms in total. The summed E-state index contributed by atoms with van der Waals surface area (Å²) < 4.78 is 1.59. The minimum Gasteiger partial charge on any atom is -0.367 e. The Balaban J connectivity index is 1.68. The molecule has 0 aliphatic carbocycles. The fourth-order valence-corrected chi connectivity index (χ4v) is 4.02. The molecular formula is C20H19BrN2OS2. The van der Waals surface area contributed by atoms with Crippen molar-refractivity contribution in [2.24, 2.45) is 0 Å². The van der Waals surface area contributed by atoms with Gasteiger partial charge in [0.2, 0.25) is 0 Å². The van der Waals surface area contributed by atoms with E-state index in [0.717, 1.165) is 15.7 Å². The molecular weight excluding hydrogens is 428 g/mol. The second-order valence-corrected chi connectivity index (χ2v) is 8.86. The fourth-order valence-electron chi connectivity index (χ4n) is 2.50. The second-order valence-electron chi connectivity index (χ2n) is 6.27. The number of hydrogen-bond donors (Lipinski definition) is 1. The Labute approximate surface area is 172 Å². The van der Waals surface area contributed by atoms with E-state index in [1.165, 1.54) is 17.3 Å². The quantitative estimate of drug-likeness (QED) is 0.461. The third-order valence-corrected chi connectivity index (χ3v) is 5.97. The molecule has 1 N–H and O–H groups in total. The summed E-state index contributed by atoms with van der Waals surface area (Å²) in [7, 11) is 0. The van der Waals surface area contributed by atoms with Gasteiger partial charge >= 0.3 is 0 Å². The second kappa shape index (κ2) is 8.37. The maximum Gasteiger partial charge on any atom is 0.267 e. The lowest BCUT2D eigenvalue weighted by Crippen LogP contribution is -2.33. The third kappa shape index (κ3) is 4.55. The number of anilines is 1. The van der Waals surface area contributed by atoms with Crippen molar-refractivity contribution >= 4 is 61.9 Å². The van der Waals surface area contributed by atoms with Gasteiger partial charge in [-0.2, -0.15) is 0 Å². The highest BCUT2D eigenvalue weighted by Gasteiger charge is 2.31. The number of nitrogens with one attached hydrogen (secondary N) is 1. The van der Waals surface area contributed by atoms with Crippen LogP contribution in [0.15, 0.2) is 57.9 Å². The standard InChI is InChI=1S/C20H19BrN2OS2/c1-13(2)15-5-3-14(4-6-15)11-18-19(24)23(20(25)26-18)12-22-17-9-7-16(21)8-10-17/h3-11,13,22H,12H2,1-2H3/b18-11-. The van der Waals surface area contributed by atoms with Crippen LogP contribution < -0.4 is 5.32 Å². The Hall–Kier alpha value is -1.63. The molecule has 134 valence electrons. The van der Waals surface area contributed by atoms with Crippen LogP contribution in [0.5, 0.6) is 0 Å². The topological polar surface area (TPSA) is 32.3 Å². The van der Waals surface area contributed by atoms with Gasteiger partial charge in [-0.15, -0.1) is 0 Å². The zero-order chi connectivity index (χ0) is 18.7. The van der Waals surface area contributed by atoms with Crippen molar-refractivity contribution in [1.29, 1.82) is 0 Å². The Bertz CT molecular complexity index is 845. The minimum atomic E-state index is -0.0578. The van der Waals surface area contributed by atoms with E-state index < -0.39 is 0 Å². The van der Waals surface area contributed by atoms with E-state index >= 15 is 0 Å². The van der Waals surface area contributed by atoms with E-state index in [4.69, 9.17) is 12.2 Å². The zero-order valence-corrected chi connectivity index (χ0v) is 17.7. The predicted molar refractivity (Wildman–Crippen MR) is 118 cm³/mol. The summed E-state index contributed by atoms with van der Waals surface area (Å²) >= 11 is 10.1. The Morgan fingerprint density at radius 3 is 2.42 bits per heavy atom. The normalized spacial score (nSPS) is 16.0. The van der Waals surface area contributed by atoms with Gasteiger partial charge in [-0.25, -0.2) is 0 Å². The molecule has 3 rings (SSSR count). The first kappa shape index (κ1) is 19.1. The maximum absolute atomic E-state index is 12.7. The van der Waals surface area contributed by atoms with Gasteiger partial charge in [0.1, 0.15) is 4.32 Å². The lowest BCUT2D eigenvalue weighted by molar-refractivity contribution is -0.121. The molecule has 0 atom stereocenters. The fraction of sp³-hybridized carbons (Fsp3) is 0.200. The highest BCUT2D eigenvalue weighted by molar-refractivity contribution is 9.10. The van der Waals surface area contributed by atoms with Crippen molar-refractivity contribution in [3.05, 3.63) is 69.0 Å². The molecule has 1 amide bonds. The van der Waals surface area contributed by atoms with Crippen LogP contribution in [0.3, 0.4) is 0 Å². The third-order valence-electron chi connectivity index (χ3n) is 4.06. The predicted octanol–water partition coefficient (Wildman–Crippen LogP) is 5.84. The summed E-state index contributed by atoms with van der Waals surface area (Å²) in [6.45, 7) is 4.69. The number of amides is 1. The van der Waals surface area contributed by atoms with Crippen molar-refractivity contribution in [3.8, 4) is 0 Å². The molecule has 0 bridgehead atoms. The van der Waals surface area contributed by atoms with Crippen LogP contribution in [-0.4, -0.2) is 21.8 Å². The van der Waals surface area contributed by atoms with Crippen molar-refractivity contribution in [3.63, 3.8) is 0 Å². The summed E-state index contributed by atoms with van der Waals surface area (Å²) in [4.78, 5) is 14.9. The van der Waals surface area contributed by atoms with Gasteiger partial charge in [-0.1, -0.05) is 78.0 Å². The molecule has 6 heteroatoms. The van der Waals surface area contributed by atoms with Crippen molar-refractivity contribution in [2.75, 3.05) is 12.0 Å². The summed E-state index contributed by atoms with van der Waals surface area (Å²) in [5, 5.41) is 3.24. The minimum absolute atomic E-state index is 0.0578. The molecule has 0 aromatic heterocycles. The molecule has 0 spiro atoms. The molecule has 1 heterocycles. The molecule has 0 radical (unpaired) electrons. The van der Waals surface area contributed by atoms with Gasteiger partial charge in [0.15, 0.2) is 0 Å². The first-order valence-corrected chi connectivity index (χ1v) is 10.3. The molecule has 0 saturated carbocycles. The average molecular weight is 447 g/mol. The lowest BCUT2D eigenvalue weighted by Gasteiger charge is -2.16. The van der Waals surface area contributed by atoms with Crippen LogP contribution in [0.4, 0.5) is 5.69 Å². The average Bonchev–Trinajstić information content (AvgIpc) is 2.88. The Morgan fingerprint density at radius 1 is 1.15 bits per heavy atom. The van der Waals surface area contributed by atoms with Crippen molar-refractivity contribution < 1.29 is 4.79 Å². The van der Waals surface area contributed by atoms with Gasteiger partial charge < -0.3 is 5.32 Å². The summed E-state index contributed by atoms with van der Waals surface area (Å²) in [5.74, 6) is 0.435. The maximum atomic E-state index is 12.7. The van der Waals surface area contributed by atoms with Gasteiger partial charge in [0, 0.05) is 10.2 Å². The van der Waals surface area contributed by atoms with Gasteiger partial charge in [-0.3, -0.25) is 9.69 Å². The van der Waals surface area contributed by atoms with Crippen LogP contribution in [0.25, 0.3) is 6.08 Å². The highest BCUT2D eigenvalue weighted by Crippen LogP contribution is 2.32. The summed E-state index contributed by atoms with van der Waals surface area (Å²) in [5.41, 5.74) is 3.24. The number of thiocarbonyl (C=S) groups is 1. The number of carbonyl (C=O) groups is 1. The molecule has 0 unspecified atom stereocenters. The van der Waals surface area contributed by atoms with Gasteiger partial charge in [0.25, 0.3) is 5.91 Å². The molecule has 1 aliphatic rings. The van der Waals surface area contributed by atoms with E-state index in [-0.39, 0.29) is 5.91 Å². The molecule has 26 heavy (non-hydrogen) atoms. The van der Waals surface area contributed by atoms with E-state index in [0.29, 0.717) is 21.8 Å². The molecule has 1 saturated heterocycles. The first-order valence-electron chi connectivity index (χ1n) is 8.29. The van der Waals surface area contributed by atoms with E-state index in [9.17, 15) is 4.79 Å². The van der Waals surface area contributed by atoms with Gasteiger partial charge in [0.05, 0.1) is 11.6 Å². The number of carbonyl (C=O) groups excluding carboxylic acids is 1. The number of hydrogen-bond acceptors (Lipinski definition) is 4. The Morgan fingerprint density at radius 2 is 1.81 bits per heavy atom. The number of nitrogens with zero attached hydrogens (tertiary/aromatic N) is 1. The Kier molecular flexibility index (Phi) is 6.16. The molecule has 2 aromatic carbocycles. The number of benzene rings is 2. The monoisotopic (exact) mass is 446 g/mol. The smallest absolute Gasteiger partial charge is 0.267 e. The van der Waals surface area contributed by atoms with Crippen LogP contribution in [0.1, 0.15) is 30.9 Å². The van der Waals surface area contributed by atoms with Crippen molar-refractivity contribution in [2.45, 2.75) is 19.8 Å². The SMILES string of the molecule is CC(C)c1ccc(/C=C2\SC(=S)N(CNc3ccc(Br)cc3)C2=O)cc1. The number of thioether (sulfide) groups is 1. The van der Waals surface area contributed by atoms with E-state index in [2.05, 4.69) is 47.2 Å². The van der Waals surface area contributed by atoms with Crippen LogP contribution in [0.2, 0.25) is 0 Å². The number of rotatable bonds is 5. The lowest BCUT2D eigenvalue weighted by atomic mass is 10.0. The molecule has 1 fully saturated rings. The molecule has 2 aromatic rings. The summed E-state index contributed by atoms with van der Waals surface area (Å²) in [6, 6.07) is 16.1. The number of halogens is 1. The first-order chi connectivity index (χ1) is 12.4. The highest BCUT2D eigenvalue weighted by atomic mass is 79.9. The zero-order valence-electron chi connectivity index (χ0n) is 14.5. The van der Waals surface area contributed by atoms with Gasteiger partial charge in [-0.05, 0) is 47.4 Å².